The molecule has 0 aliphatic rings. The Morgan fingerprint density at radius 1 is 1.31 bits per heavy atom. The van der Waals surface area contributed by atoms with Gasteiger partial charge in [0.15, 0.2) is 5.75 Å². The lowest BCUT2D eigenvalue weighted by molar-refractivity contribution is 0.416. The zero-order valence-corrected chi connectivity index (χ0v) is 9.34. The van der Waals surface area contributed by atoms with E-state index >= 15 is 0 Å². The van der Waals surface area contributed by atoms with E-state index in [2.05, 4.69) is 5.10 Å². The standard InChI is InChI=1S/C12H14N2O2/c1-3-14-12(11(16-2)8-13-14)9-4-6-10(15)7-5-9/h4-8,15H,3H2,1-2H3. The number of aromatic hydroxyl groups is 1. The molecule has 4 heteroatoms. The topological polar surface area (TPSA) is 47.3 Å². The predicted molar refractivity (Wildman–Crippen MR) is 61.6 cm³/mol. The summed E-state index contributed by atoms with van der Waals surface area (Å²) in [6.07, 6.45) is 1.70. The molecule has 0 saturated carbocycles. The van der Waals surface area contributed by atoms with Crippen molar-refractivity contribution in [1.29, 1.82) is 0 Å². The van der Waals surface area contributed by atoms with Crippen LogP contribution in [-0.4, -0.2) is 22.0 Å². The minimum atomic E-state index is 0.255. The molecule has 2 aromatic rings. The van der Waals surface area contributed by atoms with Crippen LogP contribution in [-0.2, 0) is 6.54 Å². The molecule has 1 N–H and O–H groups in total. The van der Waals surface area contributed by atoms with Gasteiger partial charge in [-0.2, -0.15) is 5.10 Å². The van der Waals surface area contributed by atoms with Crippen LogP contribution >= 0.6 is 0 Å². The Morgan fingerprint density at radius 3 is 2.56 bits per heavy atom. The van der Waals surface area contributed by atoms with Crippen LogP contribution in [0.1, 0.15) is 6.92 Å². The van der Waals surface area contributed by atoms with Gasteiger partial charge in [-0.05, 0) is 31.2 Å². The van der Waals surface area contributed by atoms with Crippen molar-refractivity contribution in [3.63, 3.8) is 0 Å². The number of rotatable bonds is 3. The monoisotopic (exact) mass is 218 g/mol. The number of hydrogen-bond acceptors (Lipinski definition) is 3. The third-order valence-corrected chi connectivity index (χ3v) is 2.47. The van der Waals surface area contributed by atoms with E-state index in [0.717, 1.165) is 23.6 Å². The first-order valence-corrected chi connectivity index (χ1v) is 5.15. The number of aromatic nitrogens is 2. The predicted octanol–water partition coefficient (Wildman–Crippen LogP) is 2.28. The molecular weight excluding hydrogens is 204 g/mol. The van der Waals surface area contributed by atoms with Crippen LogP contribution in [0.25, 0.3) is 11.3 Å². The molecule has 0 bridgehead atoms. The second-order valence-electron chi connectivity index (χ2n) is 3.42. The number of nitrogens with zero attached hydrogens (tertiary/aromatic N) is 2. The van der Waals surface area contributed by atoms with Crippen molar-refractivity contribution in [2.24, 2.45) is 0 Å². The summed E-state index contributed by atoms with van der Waals surface area (Å²) >= 11 is 0. The molecule has 2 rings (SSSR count). The van der Waals surface area contributed by atoms with Gasteiger partial charge in [0.25, 0.3) is 0 Å². The highest BCUT2D eigenvalue weighted by atomic mass is 16.5. The van der Waals surface area contributed by atoms with E-state index in [0.29, 0.717) is 0 Å². The van der Waals surface area contributed by atoms with Gasteiger partial charge in [0.1, 0.15) is 11.4 Å². The van der Waals surface area contributed by atoms with Crippen LogP contribution in [0.3, 0.4) is 0 Å². The van der Waals surface area contributed by atoms with Gasteiger partial charge in [0.05, 0.1) is 13.3 Å². The minimum absolute atomic E-state index is 0.255. The van der Waals surface area contributed by atoms with E-state index in [1.807, 2.05) is 23.7 Å². The number of phenolic OH excluding ortho intramolecular Hbond substituents is 1. The molecule has 16 heavy (non-hydrogen) atoms. The highest BCUT2D eigenvalue weighted by molar-refractivity contribution is 5.67. The van der Waals surface area contributed by atoms with Crippen LogP contribution in [0.5, 0.6) is 11.5 Å². The fraction of sp³-hybridized carbons (Fsp3) is 0.250. The lowest BCUT2D eigenvalue weighted by Crippen LogP contribution is -1.99. The first-order valence-electron chi connectivity index (χ1n) is 5.15. The van der Waals surface area contributed by atoms with Gasteiger partial charge in [-0.15, -0.1) is 0 Å². The van der Waals surface area contributed by atoms with Crippen LogP contribution in [0.15, 0.2) is 30.5 Å². The summed E-state index contributed by atoms with van der Waals surface area (Å²) in [5, 5.41) is 13.5. The molecular formula is C12H14N2O2. The highest BCUT2D eigenvalue weighted by Crippen LogP contribution is 2.30. The number of aryl methyl sites for hydroxylation is 1. The fourth-order valence-corrected chi connectivity index (χ4v) is 1.67. The molecule has 0 radical (unpaired) electrons. The van der Waals surface area contributed by atoms with Gasteiger partial charge in [-0.1, -0.05) is 0 Å². The molecule has 0 aliphatic carbocycles. The first-order chi connectivity index (χ1) is 7.76. The maximum Gasteiger partial charge on any atom is 0.164 e. The Kier molecular flexibility index (Phi) is 2.81. The van der Waals surface area contributed by atoms with Crippen LogP contribution in [0.4, 0.5) is 0 Å². The van der Waals surface area contributed by atoms with Crippen LogP contribution in [0, 0.1) is 0 Å². The van der Waals surface area contributed by atoms with Gasteiger partial charge in [-0.25, -0.2) is 0 Å². The Labute approximate surface area is 94.1 Å². The number of benzene rings is 1. The van der Waals surface area contributed by atoms with Crippen molar-refractivity contribution in [2.75, 3.05) is 7.11 Å². The van der Waals surface area contributed by atoms with Gasteiger partial charge < -0.3 is 9.84 Å². The zero-order valence-electron chi connectivity index (χ0n) is 9.34. The van der Waals surface area contributed by atoms with E-state index in [1.54, 1.807) is 25.4 Å². The Bertz CT molecular complexity index is 453. The molecule has 0 aliphatic heterocycles. The number of hydrogen-bond donors (Lipinski definition) is 1. The Balaban J connectivity index is 2.52. The smallest absolute Gasteiger partial charge is 0.164 e. The largest absolute Gasteiger partial charge is 0.508 e. The summed E-state index contributed by atoms with van der Waals surface area (Å²) < 4.78 is 7.13. The molecule has 0 unspecified atom stereocenters. The number of ether oxygens (including phenoxy) is 1. The third kappa shape index (κ3) is 1.74. The molecule has 4 nitrogen and oxygen atoms in total. The van der Waals surface area contributed by atoms with E-state index in [4.69, 9.17) is 4.74 Å². The van der Waals surface area contributed by atoms with Crippen molar-refractivity contribution in [3.05, 3.63) is 30.5 Å². The molecule has 0 fully saturated rings. The SMILES string of the molecule is CCn1ncc(OC)c1-c1ccc(O)cc1. The summed E-state index contributed by atoms with van der Waals surface area (Å²) in [6, 6.07) is 7.01. The lowest BCUT2D eigenvalue weighted by Gasteiger charge is -2.07. The molecule has 1 aromatic carbocycles. The molecule has 1 aromatic heterocycles. The van der Waals surface area contributed by atoms with Crippen molar-refractivity contribution < 1.29 is 9.84 Å². The Morgan fingerprint density at radius 2 is 2.00 bits per heavy atom. The highest BCUT2D eigenvalue weighted by Gasteiger charge is 2.12. The maximum absolute atomic E-state index is 9.25. The van der Waals surface area contributed by atoms with E-state index < -0.39 is 0 Å². The molecule has 0 atom stereocenters. The second kappa shape index (κ2) is 4.26. The quantitative estimate of drug-likeness (QED) is 0.859. The van der Waals surface area contributed by atoms with E-state index in [9.17, 15) is 5.11 Å². The van der Waals surface area contributed by atoms with Crippen molar-refractivity contribution in [2.45, 2.75) is 13.5 Å². The molecule has 0 saturated heterocycles. The third-order valence-electron chi connectivity index (χ3n) is 2.47. The van der Waals surface area contributed by atoms with Gasteiger partial charge in [0, 0.05) is 12.1 Å². The summed E-state index contributed by atoms with van der Waals surface area (Å²) in [5.41, 5.74) is 1.92. The van der Waals surface area contributed by atoms with Gasteiger partial charge in [0.2, 0.25) is 0 Å². The Hall–Kier alpha value is -1.97. The summed E-state index contributed by atoms with van der Waals surface area (Å²) in [5.74, 6) is 0.998. The average Bonchev–Trinajstić information content (AvgIpc) is 2.73. The normalized spacial score (nSPS) is 10.4. The van der Waals surface area contributed by atoms with Crippen LogP contribution < -0.4 is 4.74 Å². The molecule has 0 amide bonds. The maximum atomic E-state index is 9.25. The summed E-state index contributed by atoms with van der Waals surface area (Å²) in [7, 11) is 1.63. The minimum Gasteiger partial charge on any atom is -0.508 e. The molecule has 0 spiro atoms. The van der Waals surface area contributed by atoms with Crippen molar-refractivity contribution in [3.8, 4) is 22.8 Å². The summed E-state index contributed by atoms with van der Waals surface area (Å²) in [6.45, 7) is 2.80. The lowest BCUT2D eigenvalue weighted by atomic mass is 10.1. The summed E-state index contributed by atoms with van der Waals surface area (Å²) in [4.78, 5) is 0. The van der Waals surface area contributed by atoms with Gasteiger partial charge in [-0.3, -0.25) is 4.68 Å². The average molecular weight is 218 g/mol. The molecule has 84 valence electrons. The number of phenols is 1. The fourth-order valence-electron chi connectivity index (χ4n) is 1.67. The second-order valence-corrected chi connectivity index (χ2v) is 3.42. The van der Waals surface area contributed by atoms with E-state index in [1.165, 1.54) is 0 Å². The van der Waals surface area contributed by atoms with E-state index in [-0.39, 0.29) is 5.75 Å². The van der Waals surface area contributed by atoms with Crippen molar-refractivity contribution >= 4 is 0 Å². The first kappa shape index (κ1) is 10.5. The number of methoxy groups -OCH3 is 1. The van der Waals surface area contributed by atoms with Crippen LogP contribution in [0.2, 0.25) is 0 Å². The molecule has 1 heterocycles. The van der Waals surface area contributed by atoms with Gasteiger partial charge >= 0.3 is 0 Å². The van der Waals surface area contributed by atoms with Crippen molar-refractivity contribution in [1.82, 2.24) is 9.78 Å². The zero-order chi connectivity index (χ0) is 11.5.